The predicted octanol–water partition coefficient (Wildman–Crippen LogP) is 0.147. The molecule has 1 saturated carbocycles. The third kappa shape index (κ3) is 3.94. The lowest BCUT2D eigenvalue weighted by molar-refractivity contribution is -0.162. The van der Waals surface area contributed by atoms with Crippen LogP contribution in [0.25, 0.3) is 0 Å². The van der Waals surface area contributed by atoms with Gasteiger partial charge in [0.25, 0.3) is 0 Å². The summed E-state index contributed by atoms with van der Waals surface area (Å²) in [5.41, 5.74) is -2.20. The Morgan fingerprint density at radius 2 is 2.00 bits per heavy atom. The van der Waals surface area contributed by atoms with E-state index in [0.717, 1.165) is 25.7 Å². The molecule has 0 bridgehead atoms. The van der Waals surface area contributed by atoms with E-state index in [1.165, 1.54) is 14.0 Å². The van der Waals surface area contributed by atoms with E-state index in [9.17, 15) is 15.0 Å². The zero-order valence-electron chi connectivity index (χ0n) is 10.9. The molecular formula is C12H23NO4. The van der Waals surface area contributed by atoms with Crippen LogP contribution in [0.5, 0.6) is 0 Å². The van der Waals surface area contributed by atoms with Crippen molar-refractivity contribution in [3.63, 3.8) is 0 Å². The fraction of sp³-hybridized carbons (Fsp3) is 0.917. The summed E-state index contributed by atoms with van der Waals surface area (Å²) in [6.45, 7) is 2.05. The van der Waals surface area contributed by atoms with Crippen molar-refractivity contribution < 1.29 is 19.7 Å². The molecule has 5 nitrogen and oxygen atoms in total. The van der Waals surface area contributed by atoms with E-state index in [-0.39, 0.29) is 6.54 Å². The molecular weight excluding hydrogens is 222 g/mol. The Hall–Kier alpha value is -0.650. The molecule has 1 rings (SSSR count). The van der Waals surface area contributed by atoms with Crippen molar-refractivity contribution >= 4 is 5.97 Å². The average molecular weight is 245 g/mol. The standard InChI is InChI=1S/C12H23NO4/c1-11(15,10(14)17-3)8-13(2)9-12(16)6-4-5-7-12/h15-16H,4-9H2,1-3H3. The van der Waals surface area contributed by atoms with Gasteiger partial charge in [-0.25, -0.2) is 4.79 Å². The van der Waals surface area contributed by atoms with Crippen molar-refractivity contribution in [1.82, 2.24) is 4.90 Å². The number of methoxy groups -OCH3 is 1. The Morgan fingerprint density at radius 3 is 2.47 bits per heavy atom. The predicted molar refractivity (Wildman–Crippen MR) is 63.6 cm³/mol. The number of esters is 1. The molecule has 0 heterocycles. The fourth-order valence-corrected chi connectivity index (χ4v) is 2.56. The van der Waals surface area contributed by atoms with Crippen molar-refractivity contribution in [3.05, 3.63) is 0 Å². The summed E-state index contributed by atoms with van der Waals surface area (Å²) in [5, 5.41) is 20.1. The Balaban J connectivity index is 2.48. The second-order valence-corrected chi connectivity index (χ2v) is 5.37. The molecule has 0 aromatic carbocycles. The van der Waals surface area contributed by atoms with Gasteiger partial charge in [-0.05, 0) is 26.8 Å². The van der Waals surface area contributed by atoms with E-state index in [1.54, 1.807) is 11.9 Å². The number of carbonyl (C=O) groups is 1. The van der Waals surface area contributed by atoms with Crippen LogP contribution in [0, 0.1) is 0 Å². The molecule has 0 saturated heterocycles. The first-order valence-corrected chi connectivity index (χ1v) is 6.01. The second kappa shape index (κ2) is 5.33. The van der Waals surface area contributed by atoms with Gasteiger partial charge in [-0.1, -0.05) is 12.8 Å². The molecule has 0 aliphatic heterocycles. The SMILES string of the molecule is COC(=O)C(C)(O)CN(C)CC1(O)CCCC1. The molecule has 2 N–H and O–H groups in total. The lowest BCUT2D eigenvalue weighted by Gasteiger charge is -2.32. The summed E-state index contributed by atoms with van der Waals surface area (Å²) in [5.74, 6) is -0.650. The van der Waals surface area contributed by atoms with Crippen molar-refractivity contribution in [3.8, 4) is 0 Å². The van der Waals surface area contributed by atoms with E-state index in [1.807, 2.05) is 0 Å². The summed E-state index contributed by atoms with van der Waals surface area (Å²) in [7, 11) is 3.04. The third-order valence-corrected chi connectivity index (χ3v) is 3.30. The van der Waals surface area contributed by atoms with Gasteiger partial charge >= 0.3 is 5.97 Å². The van der Waals surface area contributed by atoms with Gasteiger partial charge in [0.1, 0.15) is 0 Å². The summed E-state index contributed by atoms with van der Waals surface area (Å²) in [6, 6.07) is 0. The van der Waals surface area contributed by atoms with E-state index < -0.39 is 17.2 Å². The number of likely N-dealkylation sites (N-methyl/N-ethyl adjacent to an activating group) is 1. The molecule has 0 aromatic heterocycles. The van der Waals surface area contributed by atoms with Crippen molar-refractivity contribution in [1.29, 1.82) is 0 Å². The van der Waals surface area contributed by atoms with Crippen molar-refractivity contribution in [2.45, 2.75) is 43.8 Å². The largest absolute Gasteiger partial charge is 0.467 e. The maximum Gasteiger partial charge on any atom is 0.338 e. The van der Waals surface area contributed by atoms with Crippen LogP contribution >= 0.6 is 0 Å². The molecule has 1 atom stereocenters. The molecule has 1 unspecified atom stereocenters. The number of hydrogen-bond donors (Lipinski definition) is 2. The van der Waals surface area contributed by atoms with E-state index in [2.05, 4.69) is 4.74 Å². The van der Waals surface area contributed by atoms with Gasteiger partial charge in [0.15, 0.2) is 5.60 Å². The fourth-order valence-electron chi connectivity index (χ4n) is 2.56. The molecule has 0 spiro atoms. The van der Waals surface area contributed by atoms with Gasteiger partial charge in [0.2, 0.25) is 0 Å². The molecule has 17 heavy (non-hydrogen) atoms. The third-order valence-electron chi connectivity index (χ3n) is 3.30. The van der Waals surface area contributed by atoms with Gasteiger partial charge in [0, 0.05) is 13.1 Å². The van der Waals surface area contributed by atoms with Crippen LogP contribution in [0.3, 0.4) is 0 Å². The second-order valence-electron chi connectivity index (χ2n) is 5.37. The van der Waals surface area contributed by atoms with Crippen LogP contribution in [0.4, 0.5) is 0 Å². The number of ether oxygens (including phenoxy) is 1. The van der Waals surface area contributed by atoms with Gasteiger partial charge in [-0.3, -0.25) is 0 Å². The molecule has 1 aliphatic carbocycles. The summed E-state index contributed by atoms with van der Waals surface area (Å²) >= 11 is 0. The molecule has 0 radical (unpaired) electrons. The highest BCUT2D eigenvalue weighted by Gasteiger charge is 2.37. The van der Waals surface area contributed by atoms with Crippen LogP contribution in [0.15, 0.2) is 0 Å². The topological polar surface area (TPSA) is 70.0 Å². The minimum Gasteiger partial charge on any atom is -0.467 e. The summed E-state index contributed by atoms with van der Waals surface area (Å²) in [6.07, 6.45) is 3.66. The number of hydrogen-bond acceptors (Lipinski definition) is 5. The number of rotatable bonds is 5. The van der Waals surface area contributed by atoms with Crippen LogP contribution in [0.2, 0.25) is 0 Å². The van der Waals surface area contributed by atoms with Gasteiger partial charge in [-0.15, -0.1) is 0 Å². The van der Waals surface area contributed by atoms with Gasteiger partial charge in [0.05, 0.1) is 12.7 Å². The summed E-state index contributed by atoms with van der Waals surface area (Å²) < 4.78 is 4.53. The highest BCUT2D eigenvalue weighted by Crippen LogP contribution is 2.30. The van der Waals surface area contributed by atoms with E-state index in [4.69, 9.17) is 0 Å². The minimum atomic E-state index is -1.53. The van der Waals surface area contributed by atoms with Crippen LogP contribution < -0.4 is 0 Å². The maximum atomic E-state index is 11.3. The monoisotopic (exact) mass is 245 g/mol. The molecule has 5 heteroatoms. The number of aliphatic hydroxyl groups is 2. The minimum absolute atomic E-state index is 0.155. The molecule has 0 amide bonds. The van der Waals surface area contributed by atoms with E-state index in [0.29, 0.717) is 6.54 Å². The quantitative estimate of drug-likeness (QED) is 0.675. The van der Waals surface area contributed by atoms with Crippen LogP contribution in [-0.4, -0.2) is 59.5 Å². The smallest absolute Gasteiger partial charge is 0.338 e. The molecule has 100 valence electrons. The number of carbonyl (C=O) groups excluding carboxylic acids is 1. The van der Waals surface area contributed by atoms with Gasteiger partial charge in [-0.2, -0.15) is 0 Å². The zero-order valence-corrected chi connectivity index (χ0v) is 10.9. The molecule has 0 aromatic rings. The Bertz CT molecular complexity index is 272. The highest BCUT2D eigenvalue weighted by atomic mass is 16.5. The highest BCUT2D eigenvalue weighted by molar-refractivity contribution is 5.78. The first-order chi connectivity index (χ1) is 7.79. The average Bonchev–Trinajstić information content (AvgIpc) is 2.62. The zero-order chi connectivity index (χ0) is 13.1. The van der Waals surface area contributed by atoms with Crippen molar-refractivity contribution in [2.75, 3.05) is 27.2 Å². The number of nitrogens with zero attached hydrogens (tertiary/aromatic N) is 1. The lowest BCUT2D eigenvalue weighted by Crippen LogP contribution is -2.50. The van der Waals surface area contributed by atoms with E-state index >= 15 is 0 Å². The Labute approximate surface area is 102 Å². The van der Waals surface area contributed by atoms with Gasteiger partial charge < -0.3 is 19.8 Å². The van der Waals surface area contributed by atoms with Crippen LogP contribution in [0.1, 0.15) is 32.6 Å². The first-order valence-electron chi connectivity index (χ1n) is 6.01. The Morgan fingerprint density at radius 1 is 1.47 bits per heavy atom. The normalized spacial score (nSPS) is 22.5. The maximum absolute atomic E-state index is 11.3. The first kappa shape index (κ1) is 14.4. The molecule has 1 aliphatic rings. The van der Waals surface area contributed by atoms with Crippen molar-refractivity contribution in [2.24, 2.45) is 0 Å². The summed E-state index contributed by atoms with van der Waals surface area (Å²) in [4.78, 5) is 13.1. The lowest BCUT2D eigenvalue weighted by atomic mass is 10.0. The van der Waals surface area contributed by atoms with Crippen LogP contribution in [-0.2, 0) is 9.53 Å². The molecule has 1 fully saturated rings. The Kier molecular flexibility index (Phi) is 4.52.